The lowest BCUT2D eigenvalue weighted by Gasteiger charge is -2.15. The molecule has 0 fully saturated rings. The van der Waals surface area contributed by atoms with E-state index in [1.165, 1.54) is 6.92 Å². The first-order chi connectivity index (χ1) is 22.8. The lowest BCUT2D eigenvalue weighted by molar-refractivity contribution is -0.166. The smallest absolute Gasteiger partial charge is 0.246 e. The molecule has 5 N–H and O–H groups in total. The highest BCUT2D eigenvalue weighted by Gasteiger charge is 2.15. The van der Waals surface area contributed by atoms with Crippen molar-refractivity contribution in [3.05, 3.63) is 23.5 Å². The van der Waals surface area contributed by atoms with Crippen LogP contribution in [-0.2, 0) is 30.5 Å². The molecule has 1 heterocycles. The van der Waals surface area contributed by atoms with Gasteiger partial charge in [0.15, 0.2) is 5.78 Å². The van der Waals surface area contributed by atoms with Crippen molar-refractivity contribution in [1.29, 1.82) is 0 Å². The molecule has 0 unspecified atom stereocenters. The predicted molar refractivity (Wildman–Crippen MR) is 176 cm³/mol. The first kappa shape index (κ1) is 42.2. The Bertz CT molecular complexity index is 1170. The monoisotopic (exact) mass is 680 g/mol. The molecule has 15 heteroatoms. The molecular weight excluding hydrogens is 624 g/mol. The number of ketones is 1. The number of Topliss-reactive ketones (excluding diaryl/α,β-unsaturated/α-hetero) is 1. The first-order valence-corrected chi connectivity index (χ1v) is 17.0. The van der Waals surface area contributed by atoms with Crippen LogP contribution in [0.15, 0.2) is 12.3 Å². The average Bonchev–Trinajstić information content (AvgIpc) is 3.44. The van der Waals surface area contributed by atoms with Crippen LogP contribution in [-0.4, -0.2) is 103 Å². The lowest BCUT2D eigenvalue weighted by Crippen LogP contribution is -2.31. The van der Waals surface area contributed by atoms with E-state index in [1.54, 1.807) is 0 Å². The molecule has 0 aliphatic heterocycles. The van der Waals surface area contributed by atoms with E-state index in [9.17, 15) is 44.4 Å². The standard InChI is InChI=1S/C33H56N6O9/c1-4-29(41)28-24-26(2)36(25-28)20-10-7-13-23-39(48)33(45)17-15-31(43)35-19-9-6-12-22-38(47)32(44)16-14-30(42)34-18-8-5-11-21-37(46)27(3)40/h24-25,46-48H,4-23H2,1-3H3,(H,34,42)(H,35,43). The van der Waals surface area contributed by atoms with Crippen LogP contribution in [0, 0.1) is 6.92 Å². The number of hydroxylamine groups is 6. The van der Waals surface area contributed by atoms with Gasteiger partial charge in [0.2, 0.25) is 29.5 Å². The number of unbranched alkanes of at least 4 members (excludes halogenated alkanes) is 6. The zero-order valence-electron chi connectivity index (χ0n) is 28.9. The van der Waals surface area contributed by atoms with Gasteiger partial charge in [0, 0.05) is 95.8 Å². The maximum atomic E-state index is 12.2. The Labute approximate surface area is 283 Å². The number of amides is 5. The molecule has 0 radical (unpaired) electrons. The van der Waals surface area contributed by atoms with Gasteiger partial charge in [-0.2, -0.15) is 0 Å². The van der Waals surface area contributed by atoms with Crippen molar-refractivity contribution in [3.63, 3.8) is 0 Å². The highest BCUT2D eigenvalue weighted by molar-refractivity contribution is 5.95. The van der Waals surface area contributed by atoms with Crippen molar-refractivity contribution in [2.75, 3.05) is 32.7 Å². The summed E-state index contributed by atoms with van der Waals surface area (Å²) in [5, 5.41) is 36.6. The number of aromatic nitrogens is 1. The molecule has 0 saturated carbocycles. The maximum absolute atomic E-state index is 12.2. The molecular formula is C33H56N6O9. The van der Waals surface area contributed by atoms with Gasteiger partial charge < -0.3 is 15.2 Å². The molecule has 0 bridgehead atoms. The van der Waals surface area contributed by atoms with Gasteiger partial charge in [-0.05, 0) is 70.8 Å². The molecule has 48 heavy (non-hydrogen) atoms. The molecule has 1 rings (SSSR count). The zero-order valence-corrected chi connectivity index (χ0v) is 28.9. The molecule has 1 aromatic heterocycles. The van der Waals surface area contributed by atoms with Crippen molar-refractivity contribution in [2.45, 2.75) is 117 Å². The molecule has 272 valence electrons. The summed E-state index contributed by atoms with van der Waals surface area (Å²) < 4.78 is 2.04. The fourth-order valence-electron chi connectivity index (χ4n) is 4.80. The van der Waals surface area contributed by atoms with Gasteiger partial charge in [0.1, 0.15) is 0 Å². The highest BCUT2D eigenvalue weighted by Crippen LogP contribution is 2.12. The third-order valence-corrected chi connectivity index (χ3v) is 7.83. The summed E-state index contributed by atoms with van der Waals surface area (Å²) in [6, 6.07) is 1.89. The number of nitrogens with zero attached hydrogens (tertiary/aromatic N) is 4. The Morgan fingerprint density at radius 2 is 1.12 bits per heavy atom. The van der Waals surface area contributed by atoms with Crippen molar-refractivity contribution >= 4 is 35.3 Å². The van der Waals surface area contributed by atoms with E-state index >= 15 is 0 Å². The minimum absolute atomic E-state index is 0.0440. The van der Waals surface area contributed by atoms with E-state index in [4.69, 9.17) is 0 Å². The van der Waals surface area contributed by atoms with E-state index in [-0.39, 0.29) is 62.9 Å². The fourth-order valence-corrected chi connectivity index (χ4v) is 4.80. The van der Waals surface area contributed by atoms with Crippen LogP contribution in [0.25, 0.3) is 0 Å². The van der Waals surface area contributed by atoms with Crippen LogP contribution in [0.4, 0.5) is 0 Å². The number of carbonyl (C=O) groups is 6. The van der Waals surface area contributed by atoms with Crippen LogP contribution in [0.3, 0.4) is 0 Å². The lowest BCUT2D eigenvalue weighted by atomic mass is 10.2. The van der Waals surface area contributed by atoms with Gasteiger partial charge in [0.05, 0.1) is 0 Å². The number of aryl methyl sites for hydroxylation is 2. The first-order valence-electron chi connectivity index (χ1n) is 17.0. The Morgan fingerprint density at radius 3 is 1.58 bits per heavy atom. The van der Waals surface area contributed by atoms with Crippen molar-refractivity contribution in [1.82, 2.24) is 30.4 Å². The Hall–Kier alpha value is -3.82. The van der Waals surface area contributed by atoms with Crippen molar-refractivity contribution < 1.29 is 44.4 Å². The van der Waals surface area contributed by atoms with E-state index in [0.29, 0.717) is 79.6 Å². The number of hydrogen-bond donors (Lipinski definition) is 5. The summed E-state index contributed by atoms with van der Waals surface area (Å²) in [4.78, 5) is 71.0. The van der Waals surface area contributed by atoms with Crippen LogP contribution in [0.5, 0.6) is 0 Å². The summed E-state index contributed by atoms with van der Waals surface area (Å²) >= 11 is 0. The maximum Gasteiger partial charge on any atom is 0.246 e. The van der Waals surface area contributed by atoms with Gasteiger partial charge >= 0.3 is 0 Å². The minimum atomic E-state index is -0.556. The van der Waals surface area contributed by atoms with Gasteiger partial charge in [0.25, 0.3) is 0 Å². The molecule has 0 spiro atoms. The van der Waals surface area contributed by atoms with Crippen molar-refractivity contribution in [3.8, 4) is 0 Å². The Kier molecular flexibility index (Phi) is 21.4. The normalized spacial score (nSPS) is 10.8. The Morgan fingerprint density at radius 1 is 0.667 bits per heavy atom. The fraction of sp³-hybridized carbons (Fsp3) is 0.697. The molecule has 0 aliphatic carbocycles. The average molecular weight is 681 g/mol. The second kappa shape index (κ2) is 24.3. The van der Waals surface area contributed by atoms with Crippen LogP contribution in [0.1, 0.15) is 120 Å². The van der Waals surface area contributed by atoms with Crippen LogP contribution < -0.4 is 10.6 Å². The van der Waals surface area contributed by atoms with E-state index in [1.807, 2.05) is 30.7 Å². The van der Waals surface area contributed by atoms with Gasteiger partial charge in [-0.1, -0.05) is 6.92 Å². The van der Waals surface area contributed by atoms with Gasteiger partial charge in [-0.15, -0.1) is 0 Å². The second-order valence-corrected chi connectivity index (χ2v) is 11.9. The molecule has 5 amide bonds. The Balaban J connectivity index is 2.04. The van der Waals surface area contributed by atoms with E-state index in [0.717, 1.165) is 30.6 Å². The van der Waals surface area contributed by atoms with E-state index < -0.39 is 17.7 Å². The SMILES string of the molecule is CCC(=O)c1cc(C)n(CCCCCN(O)C(=O)CCC(=O)NCCCCCN(O)C(=O)CCC(=O)NCCCCCN(O)C(C)=O)c1. The summed E-state index contributed by atoms with van der Waals surface area (Å²) in [6.45, 7) is 7.11. The van der Waals surface area contributed by atoms with Gasteiger partial charge in [-0.3, -0.25) is 44.4 Å². The topological polar surface area (TPSA) is 202 Å². The number of carbonyl (C=O) groups excluding carboxylic acids is 6. The van der Waals surface area contributed by atoms with Crippen LogP contribution in [0.2, 0.25) is 0 Å². The summed E-state index contributed by atoms with van der Waals surface area (Å²) in [6.07, 6.45) is 7.98. The third kappa shape index (κ3) is 18.5. The van der Waals surface area contributed by atoms with E-state index in [2.05, 4.69) is 10.6 Å². The molecule has 0 atom stereocenters. The minimum Gasteiger partial charge on any atom is -0.356 e. The number of nitrogens with one attached hydrogen (secondary N) is 2. The highest BCUT2D eigenvalue weighted by atomic mass is 16.5. The zero-order chi connectivity index (χ0) is 35.9. The second-order valence-electron chi connectivity index (χ2n) is 11.9. The molecule has 0 aromatic carbocycles. The summed E-state index contributed by atoms with van der Waals surface area (Å²) in [7, 11) is 0. The summed E-state index contributed by atoms with van der Waals surface area (Å²) in [5.74, 6) is -1.99. The number of rotatable bonds is 26. The van der Waals surface area contributed by atoms with Crippen molar-refractivity contribution in [2.24, 2.45) is 0 Å². The molecule has 0 saturated heterocycles. The molecule has 15 nitrogen and oxygen atoms in total. The summed E-state index contributed by atoms with van der Waals surface area (Å²) in [5.41, 5.74) is 1.74. The largest absolute Gasteiger partial charge is 0.356 e. The number of hydrogen-bond acceptors (Lipinski definition) is 9. The van der Waals surface area contributed by atoms with Crippen LogP contribution >= 0.6 is 0 Å². The molecule has 0 aliphatic rings. The predicted octanol–water partition coefficient (Wildman–Crippen LogP) is 3.37. The third-order valence-electron chi connectivity index (χ3n) is 7.83. The molecule has 1 aromatic rings. The quantitative estimate of drug-likeness (QED) is 0.0421. The van der Waals surface area contributed by atoms with Gasteiger partial charge in [-0.25, -0.2) is 15.2 Å².